The zero-order valence-electron chi connectivity index (χ0n) is 19.4. The molecule has 0 unspecified atom stereocenters. The van der Waals surface area contributed by atoms with E-state index < -0.39 is 17.8 Å². The monoisotopic (exact) mass is 440 g/mol. The fourth-order valence-corrected chi connectivity index (χ4v) is 2.71. The zero-order valence-corrected chi connectivity index (χ0v) is 19.4. The molecule has 1 aromatic rings. The van der Waals surface area contributed by atoms with Gasteiger partial charge in [-0.15, -0.1) is 0 Å². The molecule has 0 radical (unpaired) electrons. The molecule has 0 aliphatic heterocycles. The molecule has 1 aromatic heterocycles. The normalized spacial score (nSPS) is 16.9. The van der Waals surface area contributed by atoms with Gasteiger partial charge in [0.1, 0.15) is 11.5 Å². The van der Waals surface area contributed by atoms with Crippen molar-refractivity contribution in [3.8, 4) is 5.75 Å². The van der Waals surface area contributed by atoms with Crippen molar-refractivity contribution in [2.45, 2.75) is 52.7 Å². The second-order valence-corrected chi connectivity index (χ2v) is 7.84. The third-order valence-corrected chi connectivity index (χ3v) is 5.13. The highest BCUT2D eigenvalue weighted by molar-refractivity contribution is 5.48. The van der Waals surface area contributed by atoms with Gasteiger partial charge in [-0.1, -0.05) is 80.7 Å². The topological polar surface area (TPSA) is 90.9 Å². The van der Waals surface area contributed by atoms with Crippen molar-refractivity contribution in [2.75, 3.05) is 0 Å². The molecular formula is C27H36O5. The summed E-state index contributed by atoms with van der Waals surface area (Å²) in [6.07, 6.45) is 23.6. The molecule has 4 atom stereocenters. The van der Waals surface area contributed by atoms with Crippen LogP contribution in [0.2, 0.25) is 0 Å². The van der Waals surface area contributed by atoms with Gasteiger partial charge >= 0.3 is 5.63 Å². The third-order valence-electron chi connectivity index (χ3n) is 5.13. The first-order valence-electron chi connectivity index (χ1n) is 10.9. The molecule has 1 heterocycles. The Morgan fingerprint density at radius 3 is 2.06 bits per heavy atom. The number of unbranched alkanes of at least 4 members (excludes halogenated alkanes) is 1. The zero-order chi connectivity index (χ0) is 23.9. The Morgan fingerprint density at radius 2 is 1.47 bits per heavy atom. The van der Waals surface area contributed by atoms with Crippen LogP contribution in [-0.4, -0.2) is 27.5 Å². The van der Waals surface area contributed by atoms with Crippen LogP contribution in [0.1, 0.15) is 44.9 Å². The minimum atomic E-state index is -0.560. The van der Waals surface area contributed by atoms with Gasteiger partial charge in [0.25, 0.3) is 0 Å². The lowest BCUT2D eigenvalue weighted by Gasteiger charge is -2.24. The van der Waals surface area contributed by atoms with Crippen molar-refractivity contribution < 1.29 is 19.7 Å². The van der Waals surface area contributed by atoms with E-state index in [1.807, 2.05) is 56.4 Å². The van der Waals surface area contributed by atoms with Gasteiger partial charge in [0.2, 0.25) is 0 Å². The molecule has 0 amide bonds. The Hall–Kier alpha value is -2.89. The fourth-order valence-electron chi connectivity index (χ4n) is 2.71. The van der Waals surface area contributed by atoms with Crippen LogP contribution < -0.4 is 5.63 Å². The Kier molecular flexibility index (Phi) is 12.7. The summed E-state index contributed by atoms with van der Waals surface area (Å²) >= 11 is 0. The number of rotatable bonds is 12. The number of aliphatic hydroxyl groups is 2. The second kappa shape index (κ2) is 15.0. The van der Waals surface area contributed by atoms with Crippen molar-refractivity contribution in [1.29, 1.82) is 0 Å². The van der Waals surface area contributed by atoms with Gasteiger partial charge in [-0.05, 0) is 32.8 Å². The van der Waals surface area contributed by atoms with Crippen LogP contribution in [0.3, 0.4) is 0 Å². The first kappa shape index (κ1) is 27.1. The summed E-state index contributed by atoms with van der Waals surface area (Å²) in [4.78, 5) is 11.5. The molecule has 0 fully saturated rings. The summed E-state index contributed by atoms with van der Waals surface area (Å²) < 4.78 is 5.04. The smallest absolute Gasteiger partial charge is 0.342 e. The van der Waals surface area contributed by atoms with Crippen LogP contribution in [0.5, 0.6) is 5.75 Å². The number of aromatic hydroxyl groups is 1. The van der Waals surface area contributed by atoms with Gasteiger partial charge in [0, 0.05) is 17.9 Å². The Balaban J connectivity index is 2.28. The van der Waals surface area contributed by atoms with Crippen molar-refractivity contribution >= 4 is 6.08 Å². The fraction of sp³-hybridized carbons (Fsp3) is 0.370. The Morgan fingerprint density at radius 1 is 0.906 bits per heavy atom. The van der Waals surface area contributed by atoms with Crippen LogP contribution in [0.25, 0.3) is 6.08 Å². The molecule has 0 bridgehead atoms. The summed E-state index contributed by atoms with van der Waals surface area (Å²) in [5, 5.41) is 29.3. The van der Waals surface area contributed by atoms with E-state index in [0.717, 1.165) is 12.8 Å². The average molecular weight is 441 g/mol. The molecule has 32 heavy (non-hydrogen) atoms. The first-order chi connectivity index (χ1) is 15.2. The van der Waals surface area contributed by atoms with Crippen LogP contribution >= 0.6 is 0 Å². The average Bonchev–Trinajstić information content (AvgIpc) is 2.76. The van der Waals surface area contributed by atoms with Crippen molar-refractivity contribution in [3.63, 3.8) is 0 Å². The molecule has 0 aliphatic rings. The summed E-state index contributed by atoms with van der Waals surface area (Å²) in [6, 6.07) is 1.41. The van der Waals surface area contributed by atoms with Crippen LogP contribution in [-0.2, 0) is 0 Å². The van der Waals surface area contributed by atoms with Gasteiger partial charge in [0.05, 0.1) is 17.8 Å². The molecule has 5 nitrogen and oxygen atoms in total. The van der Waals surface area contributed by atoms with Crippen LogP contribution in [0.15, 0.2) is 82.1 Å². The van der Waals surface area contributed by atoms with E-state index >= 15 is 0 Å². The lowest BCUT2D eigenvalue weighted by molar-refractivity contribution is 0.0124. The van der Waals surface area contributed by atoms with E-state index in [-0.39, 0.29) is 23.1 Å². The highest BCUT2D eigenvalue weighted by atomic mass is 16.4. The molecule has 0 aliphatic carbocycles. The maximum Gasteiger partial charge on any atom is 0.342 e. The standard InChI is InChI=1S/C27H36O5/c1-20(26(30)21(2)23(4)28)17-15-13-11-9-7-5-6-8-10-12-14-16-18-24-19-25(29)22(3)27(31)32-24/h5-6,8,10-21,23,26,28-30H,7,9H2,1-4H3/b6-5+,10-8+,13-11+,14-12+,17-15+,18-16+/t20-,21-,23-,26+/m0/s1. The van der Waals surface area contributed by atoms with Gasteiger partial charge in [0.15, 0.2) is 0 Å². The molecule has 0 saturated carbocycles. The molecule has 1 rings (SSSR count). The minimum Gasteiger partial charge on any atom is -0.507 e. The number of allylic oxidation sites excluding steroid dienone is 10. The summed E-state index contributed by atoms with van der Waals surface area (Å²) in [5.41, 5.74) is -0.340. The van der Waals surface area contributed by atoms with Crippen LogP contribution in [0, 0.1) is 18.8 Å². The van der Waals surface area contributed by atoms with Crippen LogP contribution in [0.4, 0.5) is 0 Å². The van der Waals surface area contributed by atoms with E-state index in [4.69, 9.17) is 4.42 Å². The molecular weight excluding hydrogens is 404 g/mol. The van der Waals surface area contributed by atoms with Gasteiger partial charge in [-0.3, -0.25) is 0 Å². The molecule has 3 N–H and O–H groups in total. The van der Waals surface area contributed by atoms with E-state index in [2.05, 4.69) is 12.2 Å². The van der Waals surface area contributed by atoms with Gasteiger partial charge < -0.3 is 19.7 Å². The predicted octanol–water partition coefficient (Wildman–Crippen LogP) is 5.24. The molecule has 5 heteroatoms. The lowest BCUT2D eigenvalue weighted by Crippen LogP contribution is -2.31. The maximum atomic E-state index is 11.5. The van der Waals surface area contributed by atoms with E-state index in [0.29, 0.717) is 5.76 Å². The van der Waals surface area contributed by atoms with Crippen molar-refractivity contribution in [3.05, 3.63) is 94.6 Å². The van der Waals surface area contributed by atoms with E-state index in [1.54, 1.807) is 25.2 Å². The molecule has 0 saturated heterocycles. The maximum absolute atomic E-state index is 11.5. The second-order valence-electron chi connectivity index (χ2n) is 7.84. The summed E-state index contributed by atoms with van der Waals surface area (Å²) in [7, 11) is 0. The van der Waals surface area contributed by atoms with Crippen molar-refractivity contribution in [2.24, 2.45) is 11.8 Å². The lowest BCUT2D eigenvalue weighted by atomic mass is 9.90. The predicted molar refractivity (Wildman–Crippen MR) is 131 cm³/mol. The highest BCUT2D eigenvalue weighted by Gasteiger charge is 2.22. The number of aliphatic hydroxyl groups excluding tert-OH is 2. The largest absolute Gasteiger partial charge is 0.507 e. The quantitative estimate of drug-likeness (QED) is 0.305. The Labute approximate surface area is 191 Å². The number of hydrogen-bond acceptors (Lipinski definition) is 5. The van der Waals surface area contributed by atoms with E-state index in [9.17, 15) is 20.1 Å². The third kappa shape index (κ3) is 10.4. The first-order valence-corrected chi connectivity index (χ1v) is 10.9. The summed E-state index contributed by atoms with van der Waals surface area (Å²) in [5.74, 6) is 0.0543. The SMILES string of the molecule is Cc1c(O)cc(/C=C/C=C/C=C/C=C/CC/C=C/C=C/[C@H](C)[C@@H](O)[C@@H](C)[C@H](C)O)oc1=O. The van der Waals surface area contributed by atoms with Crippen molar-refractivity contribution in [1.82, 2.24) is 0 Å². The molecule has 0 aromatic carbocycles. The highest BCUT2D eigenvalue weighted by Crippen LogP contribution is 2.17. The number of hydrogen-bond donors (Lipinski definition) is 3. The molecule has 174 valence electrons. The van der Waals surface area contributed by atoms with Gasteiger partial charge in [-0.25, -0.2) is 4.79 Å². The van der Waals surface area contributed by atoms with Gasteiger partial charge in [-0.2, -0.15) is 0 Å². The minimum absolute atomic E-state index is 0.0141. The Bertz CT molecular complexity index is 912. The molecule has 0 spiro atoms. The summed E-state index contributed by atoms with van der Waals surface area (Å²) in [6.45, 7) is 7.00. The van der Waals surface area contributed by atoms with E-state index in [1.165, 1.54) is 13.0 Å².